The standard InChI is InChI=1S/C13H18O3S/c1-13(15-7-8-16-13)10-11-2-4-12(5-3-11)17-9-6-14/h2-5,14H,6-10H2,1H3. The second kappa shape index (κ2) is 5.87. The lowest BCUT2D eigenvalue weighted by molar-refractivity contribution is -0.140. The Kier molecular flexibility index (Phi) is 4.45. The first kappa shape index (κ1) is 12.9. The molecule has 0 saturated carbocycles. The maximum atomic E-state index is 8.75. The molecule has 0 aliphatic carbocycles. The van der Waals surface area contributed by atoms with E-state index < -0.39 is 5.79 Å². The van der Waals surface area contributed by atoms with Gasteiger partial charge in [0.1, 0.15) is 0 Å². The van der Waals surface area contributed by atoms with Gasteiger partial charge in [-0.3, -0.25) is 0 Å². The van der Waals surface area contributed by atoms with Gasteiger partial charge in [-0.15, -0.1) is 11.8 Å². The Morgan fingerprint density at radius 3 is 2.47 bits per heavy atom. The minimum atomic E-state index is -0.459. The molecule has 0 atom stereocenters. The van der Waals surface area contributed by atoms with Gasteiger partial charge in [-0.25, -0.2) is 0 Å². The van der Waals surface area contributed by atoms with Gasteiger partial charge < -0.3 is 14.6 Å². The summed E-state index contributed by atoms with van der Waals surface area (Å²) in [6, 6.07) is 8.34. The van der Waals surface area contributed by atoms with Crippen molar-refractivity contribution in [2.45, 2.75) is 24.0 Å². The Labute approximate surface area is 106 Å². The summed E-state index contributed by atoms with van der Waals surface area (Å²) in [5.41, 5.74) is 1.21. The van der Waals surface area contributed by atoms with Gasteiger partial charge in [-0.05, 0) is 24.6 Å². The summed E-state index contributed by atoms with van der Waals surface area (Å²) in [5, 5.41) is 8.75. The van der Waals surface area contributed by atoms with Gasteiger partial charge in [0.05, 0.1) is 19.8 Å². The zero-order chi connectivity index (χ0) is 12.1. The molecule has 2 rings (SSSR count). The molecule has 1 heterocycles. The summed E-state index contributed by atoms with van der Waals surface area (Å²) in [5.74, 6) is 0.281. The zero-order valence-corrected chi connectivity index (χ0v) is 10.8. The molecule has 0 amide bonds. The molecule has 0 unspecified atom stereocenters. The second-order valence-corrected chi connectivity index (χ2v) is 5.39. The molecule has 1 aliphatic rings. The monoisotopic (exact) mass is 254 g/mol. The quantitative estimate of drug-likeness (QED) is 0.817. The van der Waals surface area contributed by atoms with Crippen molar-refractivity contribution >= 4 is 11.8 Å². The van der Waals surface area contributed by atoms with E-state index >= 15 is 0 Å². The third-order valence-electron chi connectivity index (χ3n) is 2.71. The number of ether oxygens (including phenoxy) is 2. The number of hydrogen-bond acceptors (Lipinski definition) is 4. The van der Waals surface area contributed by atoms with Crippen LogP contribution in [0.5, 0.6) is 0 Å². The smallest absolute Gasteiger partial charge is 0.169 e. The van der Waals surface area contributed by atoms with Crippen molar-refractivity contribution in [3.8, 4) is 0 Å². The Morgan fingerprint density at radius 2 is 1.88 bits per heavy atom. The van der Waals surface area contributed by atoms with Crippen LogP contribution in [0.2, 0.25) is 0 Å². The zero-order valence-electron chi connectivity index (χ0n) is 10.0. The molecule has 1 saturated heterocycles. The molecule has 1 fully saturated rings. The average Bonchev–Trinajstić information content (AvgIpc) is 2.75. The minimum absolute atomic E-state index is 0.214. The van der Waals surface area contributed by atoms with Crippen LogP contribution >= 0.6 is 11.8 Å². The van der Waals surface area contributed by atoms with E-state index in [0.717, 1.165) is 12.2 Å². The molecule has 4 heteroatoms. The van der Waals surface area contributed by atoms with E-state index in [2.05, 4.69) is 24.3 Å². The fourth-order valence-electron chi connectivity index (χ4n) is 1.90. The Hall–Kier alpha value is -0.550. The van der Waals surface area contributed by atoms with E-state index in [1.54, 1.807) is 11.8 Å². The van der Waals surface area contributed by atoms with Crippen LogP contribution in [0.3, 0.4) is 0 Å². The molecular formula is C13H18O3S. The largest absolute Gasteiger partial charge is 0.396 e. The number of hydrogen-bond donors (Lipinski definition) is 1. The molecule has 17 heavy (non-hydrogen) atoms. The summed E-state index contributed by atoms with van der Waals surface area (Å²) in [6.45, 7) is 3.56. The fourth-order valence-corrected chi connectivity index (χ4v) is 2.55. The predicted molar refractivity (Wildman–Crippen MR) is 68.3 cm³/mol. The van der Waals surface area contributed by atoms with Gasteiger partial charge in [-0.2, -0.15) is 0 Å². The van der Waals surface area contributed by atoms with Crippen LogP contribution in [0.25, 0.3) is 0 Å². The van der Waals surface area contributed by atoms with Gasteiger partial charge in [0.2, 0.25) is 0 Å². The van der Waals surface area contributed by atoms with Crippen molar-refractivity contribution in [2.75, 3.05) is 25.6 Å². The minimum Gasteiger partial charge on any atom is -0.396 e. The molecule has 3 nitrogen and oxygen atoms in total. The lowest BCUT2D eigenvalue weighted by Crippen LogP contribution is -2.28. The maximum absolute atomic E-state index is 8.75. The summed E-state index contributed by atoms with van der Waals surface area (Å²) in [4.78, 5) is 1.18. The molecule has 94 valence electrons. The Morgan fingerprint density at radius 1 is 1.24 bits per heavy atom. The second-order valence-electron chi connectivity index (χ2n) is 4.22. The molecule has 1 aromatic rings. The van der Waals surface area contributed by atoms with Gasteiger partial charge in [0.25, 0.3) is 0 Å². The van der Waals surface area contributed by atoms with Gasteiger partial charge >= 0.3 is 0 Å². The highest BCUT2D eigenvalue weighted by Gasteiger charge is 2.30. The molecular weight excluding hydrogens is 236 g/mol. The first-order valence-electron chi connectivity index (χ1n) is 5.82. The van der Waals surface area contributed by atoms with Crippen molar-refractivity contribution in [2.24, 2.45) is 0 Å². The lowest BCUT2D eigenvalue weighted by atomic mass is 10.1. The third kappa shape index (κ3) is 3.71. The molecule has 1 aromatic carbocycles. The van der Waals surface area contributed by atoms with Crippen molar-refractivity contribution in [3.05, 3.63) is 29.8 Å². The van der Waals surface area contributed by atoms with Gasteiger partial charge in [-0.1, -0.05) is 12.1 Å². The lowest BCUT2D eigenvalue weighted by Gasteiger charge is -2.22. The van der Waals surface area contributed by atoms with E-state index in [0.29, 0.717) is 13.2 Å². The Balaban J connectivity index is 1.93. The molecule has 0 aromatic heterocycles. The summed E-state index contributed by atoms with van der Waals surface area (Å²) >= 11 is 1.66. The van der Waals surface area contributed by atoms with Gasteiger partial charge in [0, 0.05) is 17.1 Å². The first-order valence-corrected chi connectivity index (χ1v) is 6.81. The SMILES string of the molecule is CC1(Cc2ccc(SCCO)cc2)OCCO1. The third-order valence-corrected chi connectivity index (χ3v) is 3.70. The number of aliphatic hydroxyl groups is 1. The summed E-state index contributed by atoms with van der Waals surface area (Å²) in [6.07, 6.45) is 0.776. The number of benzene rings is 1. The van der Waals surface area contributed by atoms with Crippen molar-refractivity contribution in [1.29, 1.82) is 0 Å². The number of rotatable bonds is 5. The highest BCUT2D eigenvalue weighted by atomic mass is 32.2. The molecule has 1 aliphatic heterocycles. The highest BCUT2D eigenvalue weighted by molar-refractivity contribution is 7.99. The van der Waals surface area contributed by atoms with E-state index in [-0.39, 0.29) is 6.61 Å². The maximum Gasteiger partial charge on any atom is 0.169 e. The summed E-state index contributed by atoms with van der Waals surface area (Å²) < 4.78 is 11.2. The van der Waals surface area contributed by atoms with E-state index in [9.17, 15) is 0 Å². The van der Waals surface area contributed by atoms with Crippen molar-refractivity contribution in [1.82, 2.24) is 0 Å². The molecule has 1 N–H and O–H groups in total. The highest BCUT2D eigenvalue weighted by Crippen LogP contribution is 2.25. The average molecular weight is 254 g/mol. The van der Waals surface area contributed by atoms with Gasteiger partial charge in [0.15, 0.2) is 5.79 Å². The van der Waals surface area contributed by atoms with Crippen LogP contribution < -0.4 is 0 Å². The van der Waals surface area contributed by atoms with E-state index in [1.807, 2.05) is 6.92 Å². The van der Waals surface area contributed by atoms with Crippen LogP contribution in [-0.4, -0.2) is 36.5 Å². The van der Waals surface area contributed by atoms with Crippen LogP contribution in [0.15, 0.2) is 29.2 Å². The number of aliphatic hydroxyl groups excluding tert-OH is 1. The Bertz CT molecular complexity index is 344. The van der Waals surface area contributed by atoms with Crippen LogP contribution in [0.1, 0.15) is 12.5 Å². The van der Waals surface area contributed by atoms with Crippen molar-refractivity contribution in [3.63, 3.8) is 0 Å². The van der Waals surface area contributed by atoms with E-state index in [1.165, 1.54) is 10.5 Å². The predicted octanol–water partition coefficient (Wildman–Crippen LogP) is 2.08. The molecule has 0 spiro atoms. The van der Waals surface area contributed by atoms with Crippen LogP contribution in [0, 0.1) is 0 Å². The molecule has 0 radical (unpaired) electrons. The summed E-state index contributed by atoms with van der Waals surface area (Å²) in [7, 11) is 0. The fraction of sp³-hybridized carbons (Fsp3) is 0.538. The van der Waals surface area contributed by atoms with Crippen LogP contribution in [-0.2, 0) is 15.9 Å². The molecule has 0 bridgehead atoms. The number of thioether (sulfide) groups is 1. The first-order chi connectivity index (χ1) is 8.22. The topological polar surface area (TPSA) is 38.7 Å². The van der Waals surface area contributed by atoms with Crippen molar-refractivity contribution < 1.29 is 14.6 Å². The van der Waals surface area contributed by atoms with Crippen LogP contribution in [0.4, 0.5) is 0 Å². The van der Waals surface area contributed by atoms with E-state index in [4.69, 9.17) is 14.6 Å². The normalized spacial score (nSPS) is 18.5.